The van der Waals surface area contributed by atoms with Crippen LogP contribution < -0.4 is 10.6 Å². The summed E-state index contributed by atoms with van der Waals surface area (Å²) in [7, 11) is 0. The maximum Gasteiger partial charge on any atom is 0.230 e. The molecule has 1 fully saturated rings. The number of nitrogens with one attached hydrogen (secondary N) is 2. The van der Waals surface area contributed by atoms with Crippen LogP contribution in [0.15, 0.2) is 24.3 Å². The maximum atomic E-state index is 12.8. The lowest BCUT2D eigenvalue weighted by Gasteiger charge is -2.41. The van der Waals surface area contributed by atoms with Crippen molar-refractivity contribution in [3.8, 4) is 0 Å². The molecule has 0 bridgehead atoms. The predicted molar refractivity (Wildman–Crippen MR) is 87.6 cm³/mol. The Morgan fingerprint density at radius 3 is 2.41 bits per heavy atom. The van der Waals surface area contributed by atoms with Crippen LogP contribution in [0.2, 0.25) is 0 Å². The number of aryl methyl sites for hydroxylation is 1. The third-order valence-corrected chi connectivity index (χ3v) is 4.64. The SMILES string of the molecule is Cc1ccc(C(C)(C)C(=O)NC2CCC(=O)NC2(C)C)cc1. The summed E-state index contributed by atoms with van der Waals surface area (Å²) in [6.07, 6.45) is 1.13. The highest BCUT2D eigenvalue weighted by Gasteiger charge is 2.39. The van der Waals surface area contributed by atoms with Gasteiger partial charge in [-0.3, -0.25) is 9.59 Å². The fourth-order valence-corrected chi connectivity index (χ4v) is 2.84. The van der Waals surface area contributed by atoms with Crippen LogP contribution in [0.3, 0.4) is 0 Å². The zero-order valence-corrected chi connectivity index (χ0v) is 14.1. The van der Waals surface area contributed by atoms with Crippen molar-refractivity contribution in [3.63, 3.8) is 0 Å². The van der Waals surface area contributed by atoms with Gasteiger partial charge in [0.25, 0.3) is 0 Å². The van der Waals surface area contributed by atoms with E-state index in [2.05, 4.69) is 10.6 Å². The Morgan fingerprint density at radius 1 is 1.27 bits per heavy atom. The van der Waals surface area contributed by atoms with Crippen molar-refractivity contribution in [1.82, 2.24) is 10.6 Å². The summed E-state index contributed by atoms with van der Waals surface area (Å²) in [6, 6.07) is 8.00. The second-order valence-electron chi connectivity index (χ2n) is 7.33. The Labute approximate surface area is 132 Å². The number of carbonyl (C=O) groups excluding carboxylic acids is 2. The molecule has 2 N–H and O–H groups in total. The van der Waals surface area contributed by atoms with E-state index in [1.54, 1.807) is 0 Å². The van der Waals surface area contributed by atoms with Gasteiger partial charge in [-0.15, -0.1) is 0 Å². The molecule has 1 heterocycles. The zero-order valence-electron chi connectivity index (χ0n) is 14.1. The summed E-state index contributed by atoms with van der Waals surface area (Å²) < 4.78 is 0. The summed E-state index contributed by atoms with van der Waals surface area (Å²) in [6.45, 7) is 9.80. The summed E-state index contributed by atoms with van der Waals surface area (Å²) in [5.74, 6) is 0.0406. The average molecular weight is 302 g/mol. The monoisotopic (exact) mass is 302 g/mol. The second kappa shape index (κ2) is 5.75. The largest absolute Gasteiger partial charge is 0.350 e. The molecule has 1 aromatic carbocycles. The highest BCUT2D eigenvalue weighted by Crippen LogP contribution is 2.26. The molecule has 4 nitrogen and oxygen atoms in total. The van der Waals surface area contributed by atoms with E-state index in [1.807, 2.05) is 58.9 Å². The summed E-state index contributed by atoms with van der Waals surface area (Å²) in [5, 5.41) is 6.09. The highest BCUT2D eigenvalue weighted by atomic mass is 16.2. The molecule has 0 radical (unpaired) electrons. The molecule has 4 heteroatoms. The third kappa shape index (κ3) is 3.32. The fourth-order valence-electron chi connectivity index (χ4n) is 2.84. The first-order chi connectivity index (χ1) is 10.1. The first kappa shape index (κ1) is 16.5. The molecular formula is C18H26N2O2. The van der Waals surface area contributed by atoms with E-state index in [4.69, 9.17) is 0 Å². The maximum absolute atomic E-state index is 12.8. The Kier molecular flexibility index (Phi) is 4.32. The number of hydrogen-bond donors (Lipinski definition) is 2. The zero-order chi connectivity index (χ0) is 16.5. The van der Waals surface area contributed by atoms with E-state index >= 15 is 0 Å². The summed E-state index contributed by atoms with van der Waals surface area (Å²) >= 11 is 0. The lowest BCUT2D eigenvalue weighted by atomic mass is 9.81. The standard InChI is InChI=1S/C18H26N2O2/c1-12-6-8-13(9-7-12)17(2,3)16(22)19-14-10-11-15(21)20-18(14,4)5/h6-9,14H,10-11H2,1-5H3,(H,19,22)(H,20,21). The fraction of sp³-hybridized carbons (Fsp3) is 0.556. The van der Waals surface area contributed by atoms with E-state index in [0.29, 0.717) is 12.8 Å². The molecule has 2 amide bonds. The van der Waals surface area contributed by atoms with Crippen LogP contribution in [-0.2, 0) is 15.0 Å². The van der Waals surface area contributed by atoms with Gasteiger partial charge in [0.15, 0.2) is 0 Å². The number of piperidine rings is 1. The Bertz CT molecular complexity index is 573. The number of amides is 2. The molecule has 1 atom stereocenters. The lowest BCUT2D eigenvalue weighted by molar-refractivity contribution is -0.130. The quantitative estimate of drug-likeness (QED) is 0.901. The first-order valence-corrected chi connectivity index (χ1v) is 7.82. The van der Waals surface area contributed by atoms with Crippen LogP contribution >= 0.6 is 0 Å². The van der Waals surface area contributed by atoms with Crippen LogP contribution in [0.1, 0.15) is 51.7 Å². The Balaban J connectivity index is 2.13. The molecule has 0 spiro atoms. The number of benzene rings is 1. The molecule has 1 aromatic rings. The van der Waals surface area contributed by atoms with Crippen LogP contribution in [0.5, 0.6) is 0 Å². The smallest absolute Gasteiger partial charge is 0.230 e. The van der Waals surface area contributed by atoms with Gasteiger partial charge in [-0.25, -0.2) is 0 Å². The van der Waals surface area contributed by atoms with Gasteiger partial charge in [-0.1, -0.05) is 29.8 Å². The summed E-state index contributed by atoms with van der Waals surface area (Å²) in [5.41, 5.74) is 1.14. The Morgan fingerprint density at radius 2 is 1.86 bits per heavy atom. The van der Waals surface area contributed by atoms with Crippen LogP contribution in [0, 0.1) is 6.92 Å². The minimum atomic E-state index is -0.606. The number of hydrogen-bond acceptors (Lipinski definition) is 2. The van der Waals surface area contributed by atoms with Gasteiger partial charge < -0.3 is 10.6 Å². The predicted octanol–water partition coefficient (Wildman–Crippen LogP) is 2.45. The minimum Gasteiger partial charge on any atom is -0.350 e. The van der Waals surface area contributed by atoms with E-state index in [9.17, 15) is 9.59 Å². The van der Waals surface area contributed by atoms with Crippen molar-refractivity contribution >= 4 is 11.8 Å². The third-order valence-electron chi connectivity index (χ3n) is 4.64. The number of carbonyl (C=O) groups is 2. The van der Waals surface area contributed by atoms with Gasteiger partial charge in [-0.2, -0.15) is 0 Å². The van der Waals surface area contributed by atoms with Crippen molar-refractivity contribution < 1.29 is 9.59 Å². The molecular weight excluding hydrogens is 276 g/mol. The van der Waals surface area contributed by atoms with Gasteiger partial charge in [0.05, 0.1) is 17.0 Å². The molecule has 0 aliphatic carbocycles. The van der Waals surface area contributed by atoms with Gasteiger partial charge in [-0.05, 0) is 46.6 Å². The van der Waals surface area contributed by atoms with E-state index in [1.165, 1.54) is 5.56 Å². The first-order valence-electron chi connectivity index (χ1n) is 7.82. The molecule has 2 rings (SSSR count). The van der Waals surface area contributed by atoms with Gasteiger partial charge in [0.1, 0.15) is 0 Å². The van der Waals surface area contributed by atoms with Gasteiger partial charge in [0, 0.05) is 6.42 Å². The minimum absolute atomic E-state index is 0.00872. The van der Waals surface area contributed by atoms with Crippen molar-refractivity contribution in [2.75, 3.05) is 0 Å². The van der Waals surface area contributed by atoms with Crippen molar-refractivity contribution in [1.29, 1.82) is 0 Å². The molecule has 1 unspecified atom stereocenters. The van der Waals surface area contributed by atoms with Crippen molar-refractivity contribution in [3.05, 3.63) is 35.4 Å². The topological polar surface area (TPSA) is 58.2 Å². The molecule has 1 aliphatic rings. The summed E-state index contributed by atoms with van der Waals surface area (Å²) in [4.78, 5) is 24.3. The highest BCUT2D eigenvalue weighted by molar-refractivity contribution is 5.88. The van der Waals surface area contributed by atoms with Gasteiger partial charge >= 0.3 is 0 Å². The van der Waals surface area contributed by atoms with Crippen molar-refractivity contribution in [2.45, 2.75) is 64.5 Å². The normalized spacial score (nSPS) is 21.1. The lowest BCUT2D eigenvalue weighted by Crippen LogP contribution is -2.63. The van der Waals surface area contributed by atoms with Crippen LogP contribution in [-0.4, -0.2) is 23.4 Å². The van der Waals surface area contributed by atoms with E-state index < -0.39 is 11.0 Å². The van der Waals surface area contributed by atoms with Crippen molar-refractivity contribution in [2.24, 2.45) is 0 Å². The molecule has 22 heavy (non-hydrogen) atoms. The average Bonchev–Trinajstić information content (AvgIpc) is 2.41. The number of rotatable bonds is 3. The van der Waals surface area contributed by atoms with E-state index in [0.717, 1.165) is 5.56 Å². The molecule has 120 valence electrons. The molecule has 1 saturated heterocycles. The van der Waals surface area contributed by atoms with Crippen LogP contribution in [0.25, 0.3) is 0 Å². The Hall–Kier alpha value is -1.84. The molecule has 1 aliphatic heterocycles. The molecule has 0 aromatic heterocycles. The van der Waals surface area contributed by atoms with E-state index in [-0.39, 0.29) is 17.9 Å². The van der Waals surface area contributed by atoms with Gasteiger partial charge in [0.2, 0.25) is 11.8 Å². The molecule has 0 saturated carbocycles. The van der Waals surface area contributed by atoms with Crippen LogP contribution in [0.4, 0.5) is 0 Å². The second-order valence-corrected chi connectivity index (χ2v) is 7.33.